The summed E-state index contributed by atoms with van der Waals surface area (Å²) in [7, 11) is -2.14. The third-order valence-electron chi connectivity index (χ3n) is 4.31. The highest BCUT2D eigenvalue weighted by atomic mass is 32.2. The average molecular weight is 407 g/mol. The fourth-order valence-corrected chi connectivity index (χ4v) is 4.28. The average Bonchev–Trinajstić information content (AvgIpc) is 2.67. The Morgan fingerprint density at radius 1 is 1.11 bits per heavy atom. The van der Waals surface area contributed by atoms with Crippen molar-refractivity contribution < 1.29 is 13.2 Å². The zero-order chi connectivity index (χ0) is 20.0. The molecular weight excluding hydrogens is 380 g/mol. The molecule has 0 aromatic heterocycles. The van der Waals surface area contributed by atoms with Gasteiger partial charge in [0.25, 0.3) is 15.9 Å². The van der Waals surface area contributed by atoms with E-state index in [0.29, 0.717) is 11.3 Å². The molecule has 0 aliphatic heterocycles. The highest BCUT2D eigenvalue weighted by Crippen LogP contribution is 2.24. The van der Waals surface area contributed by atoms with Crippen LogP contribution in [0.5, 0.6) is 0 Å². The summed E-state index contributed by atoms with van der Waals surface area (Å²) in [5.41, 5.74) is 1.01. The first kappa shape index (κ1) is 21.3. The Balaban J connectivity index is 2.16. The molecule has 0 saturated carbocycles. The van der Waals surface area contributed by atoms with E-state index >= 15 is 0 Å². The van der Waals surface area contributed by atoms with Crippen molar-refractivity contribution in [3.63, 3.8) is 0 Å². The maximum atomic E-state index is 12.8. The van der Waals surface area contributed by atoms with Gasteiger partial charge in [0.2, 0.25) is 0 Å². The van der Waals surface area contributed by atoms with Crippen LogP contribution in [0.15, 0.2) is 58.3 Å². The summed E-state index contributed by atoms with van der Waals surface area (Å²) in [6.07, 6.45) is 3.86. The highest BCUT2D eigenvalue weighted by molar-refractivity contribution is 7.98. The largest absolute Gasteiger partial charge is 0.350 e. The Kier molecular flexibility index (Phi) is 7.33. The number of anilines is 1. The molecule has 0 bridgehead atoms. The summed E-state index contributed by atoms with van der Waals surface area (Å²) >= 11 is 1.56. The number of thioether (sulfide) groups is 1. The predicted molar refractivity (Wildman–Crippen MR) is 112 cm³/mol. The lowest BCUT2D eigenvalue weighted by Gasteiger charge is -2.20. The summed E-state index contributed by atoms with van der Waals surface area (Å²) in [5, 5.41) is 2.94. The third-order valence-corrected chi connectivity index (χ3v) is 6.85. The molecule has 1 atom stereocenters. The first-order valence-corrected chi connectivity index (χ1v) is 11.5. The number of amides is 1. The molecule has 0 aliphatic rings. The zero-order valence-corrected chi connectivity index (χ0v) is 17.7. The minimum absolute atomic E-state index is 0.106. The van der Waals surface area contributed by atoms with Crippen LogP contribution in [-0.2, 0) is 10.0 Å². The topological polar surface area (TPSA) is 66.5 Å². The highest BCUT2D eigenvalue weighted by Gasteiger charge is 2.21. The van der Waals surface area contributed by atoms with Crippen LogP contribution in [0.4, 0.5) is 5.69 Å². The van der Waals surface area contributed by atoms with E-state index in [0.717, 1.165) is 17.7 Å². The van der Waals surface area contributed by atoms with Crippen LogP contribution in [0.2, 0.25) is 0 Å². The van der Waals surface area contributed by atoms with E-state index in [9.17, 15) is 13.2 Å². The van der Waals surface area contributed by atoms with Crippen LogP contribution in [0.1, 0.15) is 37.0 Å². The Bertz CT molecular complexity index is 863. The van der Waals surface area contributed by atoms with Gasteiger partial charge in [-0.2, -0.15) is 0 Å². The molecule has 1 N–H and O–H groups in total. The second-order valence-electron chi connectivity index (χ2n) is 6.36. The smallest absolute Gasteiger partial charge is 0.264 e. The zero-order valence-electron chi connectivity index (χ0n) is 16.1. The van der Waals surface area contributed by atoms with E-state index in [-0.39, 0.29) is 16.8 Å². The normalized spacial score (nSPS) is 12.4. The van der Waals surface area contributed by atoms with Gasteiger partial charge in [-0.25, -0.2) is 8.42 Å². The van der Waals surface area contributed by atoms with Gasteiger partial charge in [0.05, 0.1) is 10.6 Å². The number of hydrogen-bond acceptors (Lipinski definition) is 4. The number of rotatable bonds is 8. The number of carbonyl (C=O) groups excluding carboxylic acids is 1. The van der Waals surface area contributed by atoms with Crippen molar-refractivity contribution in [3.05, 3.63) is 54.1 Å². The molecule has 2 aromatic rings. The van der Waals surface area contributed by atoms with Gasteiger partial charge in [0.1, 0.15) is 0 Å². The van der Waals surface area contributed by atoms with Crippen molar-refractivity contribution in [2.45, 2.75) is 42.5 Å². The molecule has 0 aliphatic carbocycles. The van der Waals surface area contributed by atoms with Gasteiger partial charge in [-0.15, -0.1) is 11.8 Å². The van der Waals surface area contributed by atoms with E-state index in [1.54, 1.807) is 60.3 Å². The number of carbonyl (C=O) groups is 1. The second-order valence-corrected chi connectivity index (χ2v) is 9.21. The summed E-state index contributed by atoms with van der Waals surface area (Å²) < 4.78 is 26.8. The number of nitrogens with zero attached hydrogens (tertiary/aromatic N) is 1. The second kappa shape index (κ2) is 9.28. The molecule has 1 amide bonds. The molecule has 146 valence electrons. The molecule has 0 fully saturated rings. The first-order valence-electron chi connectivity index (χ1n) is 8.83. The fourth-order valence-electron chi connectivity index (χ4n) is 2.68. The summed E-state index contributed by atoms with van der Waals surface area (Å²) in [5.74, 6) is -0.152. The quantitative estimate of drug-likeness (QED) is 0.669. The number of hydrogen-bond donors (Lipinski definition) is 1. The predicted octanol–water partition coefficient (Wildman–Crippen LogP) is 4.15. The summed E-state index contributed by atoms with van der Waals surface area (Å²) in [6, 6.07) is 13.5. The van der Waals surface area contributed by atoms with Gasteiger partial charge in [0.15, 0.2) is 0 Å². The van der Waals surface area contributed by atoms with Gasteiger partial charge < -0.3 is 5.32 Å². The third kappa shape index (κ3) is 5.26. The standard InChI is InChI=1S/C20H26N2O3S2/c1-5-6-15(2)21-20(23)16-7-9-17(10-8-16)22(3)27(24,25)19-13-11-18(26-4)12-14-19/h7-15H,5-6H2,1-4H3,(H,21,23)/t15-/m0/s1. The van der Waals surface area contributed by atoms with E-state index in [2.05, 4.69) is 12.2 Å². The van der Waals surface area contributed by atoms with Crippen LogP contribution in [0, 0.1) is 0 Å². The van der Waals surface area contributed by atoms with E-state index in [1.807, 2.05) is 13.2 Å². The molecule has 0 unspecified atom stereocenters. The van der Waals surface area contributed by atoms with Crippen LogP contribution >= 0.6 is 11.8 Å². The molecule has 0 spiro atoms. The number of sulfonamides is 1. The SMILES string of the molecule is CCC[C@H](C)NC(=O)c1ccc(N(C)S(=O)(=O)c2ccc(SC)cc2)cc1. The molecular formula is C20H26N2O3S2. The fraction of sp³-hybridized carbons (Fsp3) is 0.350. The molecule has 27 heavy (non-hydrogen) atoms. The summed E-state index contributed by atoms with van der Waals surface area (Å²) in [6.45, 7) is 4.04. The van der Waals surface area contributed by atoms with Crippen LogP contribution in [0.3, 0.4) is 0 Å². The molecule has 0 heterocycles. The maximum Gasteiger partial charge on any atom is 0.264 e. The molecule has 7 heteroatoms. The van der Waals surface area contributed by atoms with Crippen LogP contribution in [-0.4, -0.2) is 33.7 Å². The maximum absolute atomic E-state index is 12.8. The van der Waals surface area contributed by atoms with Crippen molar-refractivity contribution in [2.75, 3.05) is 17.6 Å². The Hall–Kier alpha value is -1.99. The van der Waals surface area contributed by atoms with Crippen LogP contribution in [0.25, 0.3) is 0 Å². The lowest BCUT2D eigenvalue weighted by atomic mass is 10.1. The molecule has 5 nitrogen and oxygen atoms in total. The van der Waals surface area contributed by atoms with E-state index in [4.69, 9.17) is 0 Å². The Morgan fingerprint density at radius 2 is 1.70 bits per heavy atom. The molecule has 2 rings (SSSR count). The van der Waals surface area contributed by atoms with Gasteiger partial charge in [-0.1, -0.05) is 13.3 Å². The molecule has 0 saturated heterocycles. The Labute approximate surface area is 166 Å². The van der Waals surface area contributed by atoms with Gasteiger partial charge in [-0.3, -0.25) is 9.10 Å². The van der Waals surface area contributed by atoms with Crippen LogP contribution < -0.4 is 9.62 Å². The van der Waals surface area contributed by atoms with Crippen molar-refractivity contribution in [1.82, 2.24) is 5.32 Å². The van der Waals surface area contributed by atoms with Gasteiger partial charge >= 0.3 is 0 Å². The van der Waals surface area contributed by atoms with E-state index in [1.165, 1.54) is 11.4 Å². The minimum Gasteiger partial charge on any atom is -0.350 e. The minimum atomic E-state index is -3.65. The van der Waals surface area contributed by atoms with Crippen molar-refractivity contribution in [1.29, 1.82) is 0 Å². The Morgan fingerprint density at radius 3 is 2.22 bits per heavy atom. The van der Waals surface area contributed by atoms with Crippen molar-refractivity contribution in [2.24, 2.45) is 0 Å². The lowest BCUT2D eigenvalue weighted by Crippen LogP contribution is -2.32. The van der Waals surface area contributed by atoms with Gasteiger partial charge in [0, 0.05) is 23.5 Å². The van der Waals surface area contributed by atoms with E-state index < -0.39 is 10.0 Å². The lowest BCUT2D eigenvalue weighted by molar-refractivity contribution is 0.0938. The monoisotopic (exact) mass is 406 g/mol. The molecule has 0 radical (unpaired) electrons. The van der Waals surface area contributed by atoms with Crippen molar-refractivity contribution in [3.8, 4) is 0 Å². The number of nitrogens with one attached hydrogen (secondary N) is 1. The summed E-state index contributed by atoms with van der Waals surface area (Å²) in [4.78, 5) is 13.5. The number of benzene rings is 2. The van der Waals surface area contributed by atoms with Gasteiger partial charge in [-0.05, 0) is 68.1 Å². The first-order chi connectivity index (χ1) is 12.8. The van der Waals surface area contributed by atoms with Crippen molar-refractivity contribution >= 4 is 33.4 Å². The molecule has 2 aromatic carbocycles.